The molecule has 2 N–H and O–H groups in total. The third-order valence-electron chi connectivity index (χ3n) is 3.18. The minimum atomic E-state index is -0.255. The lowest BCUT2D eigenvalue weighted by Gasteiger charge is -2.14. The van der Waals surface area contributed by atoms with Gasteiger partial charge in [0.15, 0.2) is 0 Å². The Morgan fingerprint density at radius 2 is 2.20 bits per heavy atom. The van der Waals surface area contributed by atoms with Gasteiger partial charge in [-0.05, 0) is 50.1 Å². The Labute approximate surface area is 118 Å². The van der Waals surface area contributed by atoms with Gasteiger partial charge in [0.2, 0.25) is 0 Å². The summed E-state index contributed by atoms with van der Waals surface area (Å²) in [5.41, 5.74) is 1.23. The molecule has 0 aliphatic carbocycles. The van der Waals surface area contributed by atoms with Crippen LogP contribution in [0.15, 0.2) is 41.0 Å². The van der Waals surface area contributed by atoms with Crippen LogP contribution in [0.25, 0.3) is 0 Å². The van der Waals surface area contributed by atoms with E-state index in [9.17, 15) is 9.90 Å². The van der Waals surface area contributed by atoms with E-state index in [-0.39, 0.29) is 17.7 Å². The molecule has 20 heavy (non-hydrogen) atoms. The Hall–Kier alpha value is -2.23. The molecule has 4 heteroatoms. The van der Waals surface area contributed by atoms with Crippen LogP contribution in [0.1, 0.15) is 35.0 Å². The Morgan fingerprint density at radius 3 is 2.85 bits per heavy atom. The maximum absolute atomic E-state index is 12.1. The zero-order chi connectivity index (χ0) is 14.5. The third kappa shape index (κ3) is 3.63. The molecule has 0 spiro atoms. The average Bonchev–Trinajstić information content (AvgIpc) is 2.89. The van der Waals surface area contributed by atoms with Gasteiger partial charge in [-0.2, -0.15) is 0 Å². The first kappa shape index (κ1) is 14.2. The van der Waals surface area contributed by atoms with Gasteiger partial charge >= 0.3 is 0 Å². The summed E-state index contributed by atoms with van der Waals surface area (Å²) in [5, 5.41) is 12.7. The Balaban J connectivity index is 1.90. The van der Waals surface area contributed by atoms with Crippen LogP contribution in [0.4, 0.5) is 0 Å². The topological polar surface area (TPSA) is 62.5 Å². The molecule has 0 aliphatic rings. The van der Waals surface area contributed by atoms with E-state index in [4.69, 9.17) is 4.42 Å². The number of aryl methyl sites for hydroxylation is 2. The Bertz CT molecular complexity index is 575. The summed E-state index contributed by atoms with van der Waals surface area (Å²) < 4.78 is 5.25. The van der Waals surface area contributed by atoms with Crippen molar-refractivity contribution in [1.29, 1.82) is 0 Å². The molecule has 0 saturated carbocycles. The fourth-order valence-electron chi connectivity index (χ4n) is 2.02. The molecule has 1 aromatic heterocycles. The molecule has 2 aromatic rings. The van der Waals surface area contributed by atoms with E-state index in [1.165, 1.54) is 0 Å². The number of nitrogens with one attached hydrogen (secondary N) is 1. The van der Waals surface area contributed by atoms with E-state index >= 15 is 0 Å². The van der Waals surface area contributed by atoms with Crippen molar-refractivity contribution >= 4 is 5.91 Å². The molecule has 1 amide bonds. The van der Waals surface area contributed by atoms with Crippen LogP contribution >= 0.6 is 0 Å². The summed E-state index contributed by atoms with van der Waals surface area (Å²) in [6.07, 6.45) is 3.20. The lowest BCUT2D eigenvalue weighted by Crippen LogP contribution is -2.32. The molecule has 1 heterocycles. The van der Waals surface area contributed by atoms with E-state index in [1.54, 1.807) is 18.4 Å². The molecule has 1 unspecified atom stereocenters. The van der Waals surface area contributed by atoms with Crippen molar-refractivity contribution in [3.63, 3.8) is 0 Å². The summed E-state index contributed by atoms with van der Waals surface area (Å²) in [4.78, 5) is 12.1. The second-order valence-corrected chi connectivity index (χ2v) is 5.01. The van der Waals surface area contributed by atoms with Crippen molar-refractivity contribution < 1.29 is 14.3 Å². The number of aromatic hydroxyl groups is 1. The molecule has 0 aliphatic heterocycles. The second kappa shape index (κ2) is 6.28. The second-order valence-electron chi connectivity index (χ2n) is 5.01. The number of benzene rings is 1. The van der Waals surface area contributed by atoms with Crippen LogP contribution in [0, 0.1) is 6.92 Å². The van der Waals surface area contributed by atoms with E-state index in [0.717, 1.165) is 24.2 Å². The molecule has 1 aromatic carbocycles. The number of carbonyl (C=O) groups excluding carboxylic acids is 1. The fourth-order valence-corrected chi connectivity index (χ4v) is 2.02. The van der Waals surface area contributed by atoms with Crippen LogP contribution in [0.5, 0.6) is 5.75 Å². The SMILES string of the molecule is Cc1ccc(C(=O)NC(C)CCc2ccco2)c(O)c1. The van der Waals surface area contributed by atoms with Gasteiger partial charge in [-0.25, -0.2) is 0 Å². The van der Waals surface area contributed by atoms with Gasteiger partial charge in [-0.3, -0.25) is 4.79 Å². The van der Waals surface area contributed by atoms with Crippen molar-refractivity contribution in [1.82, 2.24) is 5.32 Å². The van der Waals surface area contributed by atoms with E-state index in [2.05, 4.69) is 5.32 Å². The number of hydrogen-bond donors (Lipinski definition) is 2. The highest BCUT2D eigenvalue weighted by Gasteiger charge is 2.14. The molecule has 2 rings (SSSR count). The summed E-state index contributed by atoms with van der Waals surface area (Å²) in [7, 11) is 0. The van der Waals surface area contributed by atoms with Crippen molar-refractivity contribution in [2.45, 2.75) is 32.7 Å². The lowest BCUT2D eigenvalue weighted by atomic mass is 10.1. The molecular formula is C16H19NO3. The normalized spacial score (nSPS) is 12.1. The highest BCUT2D eigenvalue weighted by molar-refractivity contribution is 5.97. The van der Waals surface area contributed by atoms with E-state index < -0.39 is 0 Å². The molecule has 1 atom stereocenters. The number of phenols is 1. The first-order chi connectivity index (χ1) is 9.56. The number of rotatable bonds is 5. The number of carbonyl (C=O) groups is 1. The number of hydrogen-bond acceptors (Lipinski definition) is 3. The third-order valence-corrected chi connectivity index (χ3v) is 3.18. The molecule has 4 nitrogen and oxygen atoms in total. The summed E-state index contributed by atoms with van der Waals surface area (Å²) in [6, 6.07) is 8.81. The van der Waals surface area contributed by atoms with Crippen LogP contribution < -0.4 is 5.32 Å². The monoisotopic (exact) mass is 273 g/mol. The zero-order valence-corrected chi connectivity index (χ0v) is 11.7. The Kier molecular flexibility index (Phi) is 4.45. The van der Waals surface area contributed by atoms with Crippen LogP contribution in [0.3, 0.4) is 0 Å². The first-order valence-electron chi connectivity index (χ1n) is 6.69. The van der Waals surface area contributed by atoms with Gasteiger partial charge in [-0.1, -0.05) is 6.07 Å². The maximum Gasteiger partial charge on any atom is 0.255 e. The van der Waals surface area contributed by atoms with Crippen molar-refractivity contribution in [2.75, 3.05) is 0 Å². The van der Waals surface area contributed by atoms with Crippen molar-refractivity contribution in [3.05, 3.63) is 53.5 Å². The quantitative estimate of drug-likeness (QED) is 0.880. The lowest BCUT2D eigenvalue weighted by molar-refractivity contribution is 0.0935. The predicted molar refractivity (Wildman–Crippen MR) is 76.8 cm³/mol. The smallest absolute Gasteiger partial charge is 0.255 e. The highest BCUT2D eigenvalue weighted by Crippen LogP contribution is 2.18. The molecule has 0 bridgehead atoms. The summed E-state index contributed by atoms with van der Waals surface area (Å²) in [5.74, 6) is 0.666. The zero-order valence-electron chi connectivity index (χ0n) is 11.7. The van der Waals surface area contributed by atoms with Gasteiger partial charge in [0.05, 0.1) is 11.8 Å². The van der Waals surface area contributed by atoms with E-state index in [0.29, 0.717) is 5.56 Å². The van der Waals surface area contributed by atoms with Crippen molar-refractivity contribution in [2.24, 2.45) is 0 Å². The van der Waals surface area contributed by atoms with Gasteiger partial charge in [0, 0.05) is 12.5 Å². The first-order valence-corrected chi connectivity index (χ1v) is 6.69. The Morgan fingerprint density at radius 1 is 1.40 bits per heavy atom. The largest absolute Gasteiger partial charge is 0.507 e. The summed E-state index contributed by atoms with van der Waals surface area (Å²) in [6.45, 7) is 3.81. The fraction of sp³-hybridized carbons (Fsp3) is 0.312. The number of amides is 1. The minimum absolute atomic E-state index is 0.00769. The standard InChI is InChI=1S/C16H19NO3/c1-11-5-8-14(15(18)10-11)16(19)17-12(2)6-7-13-4-3-9-20-13/h3-5,8-10,12,18H,6-7H2,1-2H3,(H,17,19). The van der Waals surface area contributed by atoms with Crippen LogP contribution in [0.2, 0.25) is 0 Å². The highest BCUT2D eigenvalue weighted by atomic mass is 16.3. The predicted octanol–water partition coefficient (Wildman–Crippen LogP) is 3.04. The van der Waals surface area contributed by atoms with Crippen LogP contribution in [-0.4, -0.2) is 17.1 Å². The van der Waals surface area contributed by atoms with Crippen LogP contribution in [-0.2, 0) is 6.42 Å². The maximum atomic E-state index is 12.1. The molecule has 106 valence electrons. The summed E-state index contributed by atoms with van der Waals surface area (Å²) >= 11 is 0. The van der Waals surface area contributed by atoms with E-state index in [1.807, 2.05) is 32.0 Å². The number of phenolic OH excluding ortho intramolecular Hbond substituents is 1. The number of furan rings is 1. The average molecular weight is 273 g/mol. The van der Waals surface area contributed by atoms with Gasteiger partial charge < -0.3 is 14.8 Å². The van der Waals surface area contributed by atoms with Gasteiger partial charge in [0.25, 0.3) is 5.91 Å². The van der Waals surface area contributed by atoms with Gasteiger partial charge in [-0.15, -0.1) is 0 Å². The molecule has 0 radical (unpaired) electrons. The molecule has 0 fully saturated rings. The molecular weight excluding hydrogens is 254 g/mol. The minimum Gasteiger partial charge on any atom is -0.507 e. The molecule has 0 saturated heterocycles. The van der Waals surface area contributed by atoms with Crippen molar-refractivity contribution in [3.8, 4) is 5.75 Å². The van der Waals surface area contributed by atoms with Gasteiger partial charge in [0.1, 0.15) is 11.5 Å².